The predicted molar refractivity (Wildman–Crippen MR) is 210 cm³/mol. The number of rotatable bonds is 4. The van der Waals surface area contributed by atoms with Crippen LogP contribution in [0.15, 0.2) is 176 Å². The molecule has 1 aliphatic heterocycles. The van der Waals surface area contributed by atoms with Crippen molar-refractivity contribution in [3.8, 4) is 33.6 Å². The fourth-order valence-electron chi connectivity index (χ4n) is 8.19. The fourth-order valence-corrected chi connectivity index (χ4v) is 8.19. The van der Waals surface area contributed by atoms with Crippen LogP contribution < -0.4 is 4.90 Å². The van der Waals surface area contributed by atoms with Crippen LogP contribution >= 0.6 is 0 Å². The standard InChI is InChI=1S/C46H29N5/c1-2-13-34(14-3-1)49-40-17-5-4-15-36(40)38-26-45-39(27-44(38)49)37-16-8-20-43-46(37)51(45)42-19-7-6-18-41(42)50(43)35-24-32(30-11-9-21-47-28-30)23-33(25-35)31-12-10-22-48-29-31/h1-29H. The molecule has 5 nitrogen and oxygen atoms in total. The van der Waals surface area contributed by atoms with Gasteiger partial charge < -0.3 is 14.0 Å². The summed E-state index contributed by atoms with van der Waals surface area (Å²) in [6, 6.07) is 54.8. The van der Waals surface area contributed by atoms with Gasteiger partial charge in [-0.3, -0.25) is 9.97 Å². The van der Waals surface area contributed by atoms with E-state index in [0.29, 0.717) is 0 Å². The van der Waals surface area contributed by atoms with Crippen LogP contribution in [0.2, 0.25) is 0 Å². The molecule has 0 saturated heterocycles. The third-order valence-electron chi connectivity index (χ3n) is 10.3. The van der Waals surface area contributed by atoms with Crippen molar-refractivity contribution in [1.82, 2.24) is 19.1 Å². The Morgan fingerprint density at radius 3 is 1.69 bits per heavy atom. The first-order valence-corrected chi connectivity index (χ1v) is 17.2. The van der Waals surface area contributed by atoms with Gasteiger partial charge >= 0.3 is 0 Å². The van der Waals surface area contributed by atoms with Crippen LogP contribution in [0.25, 0.3) is 77.2 Å². The van der Waals surface area contributed by atoms with E-state index in [0.717, 1.165) is 50.7 Å². The summed E-state index contributed by atoms with van der Waals surface area (Å²) in [7, 11) is 0. The van der Waals surface area contributed by atoms with Crippen molar-refractivity contribution in [2.45, 2.75) is 0 Å². The van der Waals surface area contributed by atoms with Crippen molar-refractivity contribution >= 4 is 60.7 Å². The third-order valence-corrected chi connectivity index (χ3v) is 10.3. The molecule has 10 aromatic rings. The van der Waals surface area contributed by atoms with E-state index in [1.165, 1.54) is 43.6 Å². The summed E-state index contributed by atoms with van der Waals surface area (Å²) in [5.74, 6) is 0. The molecule has 0 saturated carbocycles. The van der Waals surface area contributed by atoms with E-state index < -0.39 is 0 Å². The molecule has 0 aliphatic carbocycles. The highest BCUT2D eigenvalue weighted by molar-refractivity contribution is 6.22. The number of anilines is 3. The Hall–Kier alpha value is -6.98. The number of para-hydroxylation sites is 5. The van der Waals surface area contributed by atoms with Crippen LogP contribution in [0, 0.1) is 0 Å². The quantitative estimate of drug-likeness (QED) is 0.190. The molecule has 0 spiro atoms. The van der Waals surface area contributed by atoms with E-state index in [-0.39, 0.29) is 0 Å². The predicted octanol–water partition coefficient (Wildman–Crippen LogP) is 11.8. The van der Waals surface area contributed by atoms with E-state index in [2.05, 4.69) is 164 Å². The molecule has 51 heavy (non-hydrogen) atoms. The normalized spacial score (nSPS) is 12.3. The molecule has 0 fully saturated rings. The number of nitrogens with zero attached hydrogens (tertiary/aromatic N) is 5. The maximum absolute atomic E-state index is 4.46. The minimum absolute atomic E-state index is 1.07. The minimum atomic E-state index is 1.07. The largest absolute Gasteiger partial charge is 0.309 e. The average molecular weight is 652 g/mol. The van der Waals surface area contributed by atoms with E-state index in [1.807, 2.05) is 36.9 Å². The molecule has 5 heteroatoms. The van der Waals surface area contributed by atoms with Gasteiger partial charge in [0.15, 0.2) is 0 Å². The molecule has 5 heterocycles. The molecule has 1 aliphatic rings. The van der Waals surface area contributed by atoms with Gasteiger partial charge in [-0.05, 0) is 90.0 Å². The summed E-state index contributed by atoms with van der Waals surface area (Å²) in [4.78, 5) is 11.3. The zero-order valence-corrected chi connectivity index (χ0v) is 27.5. The van der Waals surface area contributed by atoms with Crippen molar-refractivity contribution in [3.63, 3.8) is 0 Å². The van der Waals surface area contributed by atoms with Gasteiger partial charge in [0.25, 0.3) is 0 Å². The Bertz CT molecular complexity index is 2900. The van der Waals surface area contributed by atoms with Crippen LogP contribution in [0.5, 0.6) is 0 Å². The lowest BCUT2D eigenvalue weighted by Gasteiger charge is -2.33. The summed E-state index contributed by atoms with van der Waals surface area (Å²) in [5.41, 5.74) is 14.8. The van der Waals surface area contributed by atoms with Gasteiger partial charge in [0, 0.05) is 68.8 Å². The third kappa shape index (κ3) is 4.09. The molecular formula is C46H29N5. The second-order valence-corrected chi connectivity index (χ2v) is 13.2. The second kappa shape index (κ2) is 10.8. The molecule has 0 amide bonds. The Morgan fingerprint density at radius 1 is 0.353 bits per heavy atom. The van der Waals surface area contributed by atoms with Crippen LogP contribution in [0.1, 0.15) is 0 Å². The van der Waals surface area contributed by atoms with Crippen molar-refractivity contribution in [2.24, 2.45) is 0 Å². The number of fused-ring (bicyclic) bond motifs is 8. The van der Waals surface area contributed by atoms with E-state index in [1.54, 1.807) is 0 Å². The lowest BCUT2D eigenvalue weighted by molar-refractivity contribution is 1.11. The van der Waals surface area contributed by atoms with Crippen molar-refractivity contribution in [2.75, 3.05) is 4.90 Å². The molecular weight excluding hydrogens is 623 g/mol. The molecule has 11 rings (SSSR count). The summed E-state index contributed by atoms with van der Waals surface area (Å²) < 4.78 is 4.88. The van der Waals surface area contributed by atoms with Crippen LogP contribution in [-0.4, -0.2) is 19.1 Å². The SMILES string of the molecule is c1ccc(-n2c3ccccc3c3cc4c(cc32)c2cccc3c2n4-c2ccccc2N3c2cc(-c3cccnc3)cc(-c3cccnc3)c2)cc1. The molecule has 0 atom stereocenters. The van der Waals surface area contributed by atoms with E-state index >= 15 is 0 Å². The van der Waals surface area contributed by atoms with Crippen LogP contribution in [0.4, 0.5) is 17.1 Å². The zero-order chi connectivity index (χ0) is 33.5. The molecule has 0 unspecified atom stereocenters. The molecule has 238 valence electrons. The average Bonchev–Trinajstić information content (AvgIpc) is 3.71. The van der Waals surface area contributed by atoms with Gasteiger partial charge in [-0.25, -0.2) is 0 Å². The molecule has 0 N–H and O–H groups in total. The summed E-state index contributed by atoms with van der Waals surface area (Å²) in [5, 5.41) is 4.95. The van der Waals surface area contributed by atoms with Gasteiger partial charge in [-0.15, -0.1) is 0 Å². The number of hydrogen-bond acceptors (Lipinski definition) is 3. The van der Waals surface area contributed by atoms with Crippen LogP contribution in [0.3, 0.4) is 0 Å². The van der Waals surface area contributed by atoms with Crippen molar-refractivity contribution < 1.29 is 0 Å². The smallest absolute Gasteiger partial charge is 0.0783 e. The topological polar surface area (TPSA) is 38.9 Å². The van der Waals surface area contributed by atoms with Crippen LogP contribution in [-0.2, 0) is 0 Å². The van der Waals surface area contributed by atoms with Gasteiger partial charge in [0.2, 0.25) is 0 Å². The number of hydrogen-bond donors (Lipinski definition) is 0. The lowest BCUT2D eigenvalue weighted by atomic mass is 9.98. The zero-order valence-electron chi connectivity index (χ0n) is 27.5. The van der Waals surface area contributed by atoms with E-state index in [9.17, 15) is 0 Å². The Balaban J connectivity index is 1.23. The van der Waals surface area contributed by atoms with Gasteiger partial charge in [-0.2, -0.15) is 0 Å². The molecule has 6 aromatic carbocycles. The summed E-state index contributed by atoms with van der Waals surface area (Å²) in [6.45, 7) is 0. The Morgan fingerprint density at radius 2 is 0.961 bits per heavy atom. The maximum atomic E-state index is 4.46. The second-order valence-electron chi connectivity index (χ2n) is 13.2. The van der Waals surface area contributed by atoms with Gasteiger partial charge in [0.05, 0.1) is 39.1 Å². The van der Waals surface area contributed by atoms with E-state index in [4.69, 9.17) is 0 Å². The first-order valence-electron chi connectivity index (χ1n) is 17.2. The molecule has 0 radical (unpaired) electrons. The highest BCUT2D eigenvalue weighted by atomic mass is 15.2. The first kappa shape index (κ1) is 27.9. The van der Waals surface area contributed by atoms with Crippen molar-refractivity contribution in [1.29, 1.82) is 0 Å². The number of pyridine rings is 2. The molecule has 0 bridgehead atoms. The fraction of sp³-hybridized carbons (Fsp3) is 0. The summed E-state index contributed by atoms with van der Waals surface area (Å²) >= 11 is 0. The number of benzene rings is 6. The monoisotopic (exact) mass is 651 g/mol. The summed E-state index contributed by atoms with van der Waals surface area (Å²) in [6.07, 6.45) is 7.52. The minimum Gasteiger partial charge on any atom is -0.309 e. The number of aromatic nitrogens is 4. The highest BCUT2D eigenvalue weighted by Gasteiger charge is 2.29. The Labute approximate surface area is 293 Å². The lowest BCUT2D eigenvalue weighted by Crippen LogP contribution is -2.18. The highest BCUT2D eigenvalue weighted by Crippen LogP contribution is 2.51. The first-order chi connectivity index (χ1) is 25.3. The van der Waals surface area contributed by atoms with Gasteiger partial charge in [0.1, 0.15) is 0 Å². The Kier molecular flexibility index (Phi) is 5.89. The molecule has 4 aromatic heterocycles. The van der Waals surface area contributed by atoms with Gasteiger partial charge in [-0.1, -0.05) is 72.8 Å². The maximum Gasteiger partial charge on any atom is 0.0783 e. The van der Waals surface area contributed by atoms with Crippen molar-refractivity contribution in [3.05, 3.63) is 176 Å².